The van der Waals surface area contributed by atoms with E-state index in [9.17, 15) is 4.79 Å². The Morgan fingerprint density at radius 2 is 1.87 bits per heavy atom. The van der Waals surface area contributed by atoms with Crippen LogP contribution in [0.25, 0.3) is 15.3 Å². The SMILES string of the molecule is CCOc1ccc(C(=O)Nc2cc(C)nn2-c2nc3cc4c(cc3s2)CCCC4)cc1. The molecule has 2 heterocycles. The number of aromatic nitrogens is 3. The van der Waals surface area contributed by atoms with E-state index in [0.29, 0.717) is 18.0 Å². The Morgan fingerprint density at radius 3 is 2.61 bits per heavy atom. The normalized spacial score (nSPS) is 13.2. The molecule has 158 valence electrons. The Morgan fingerprint density at radius 1 is 1.13 bits per heavy atom. The number of amides is 1. The first-order chi connectivity index (χ1) is 15.1. The van der Waals surface area contributed by atoms with Crippen LogP contribution in [0.4, 0.5) is 5.82 Å². The molecule has 0 aliphatic heterocycles. The van der Waals surface area contributed by atoms with Crippen molar-refractivity contribution in [3.63, 3.8) is 0 Å². The van der Waals surface area contributed by atoms with Gasteiger partial charge in [0.15, 0.2) is 0 Å². The number of nitrogens with one attached hydrogen (secondary N) is 1. The number of benzene rings is 2. The average Bonchev–Trinajstić information content (AvgIpc) is 3.35. The van der Waals surface area contributed by atoms with E-state index in [1.165, 1.54) is 24.0 Å². The predicted octanol–water partition coefficient (Wildman–Crippen LogP) is 5.32. The minimum absolute atomic E-state index is 0.194. The zero-order chi connectivity index (χ0) is 21.4. The van der Waals surface area contributed by atoms with E-state index in [4.69, 9.17) is 9.72 Å². The second-order valence-electron chi connectivity index (χ2n) is 7.79. The molecule has 31 heavy (non-hydrogen) atoms. The van der Waals surface area contributed by atoms with Crippen molar-refractivity contribution in [3.05, 3.63) is 64.8 Å². The van der Waals surface area contributed by atoms with Gasteiger partial charge in [-0.3, -0.25) is 4.79 Å². The summed E-state index contributed by atoms with van der Waals surface area (Å²) in [6.45, 7) is 4.44. The first-order valence-electron chi connectivity index (χ1n) is 10.6. The van der Waals surface area contributed by atoms with Crippen molar-refractivity contribution >= 4 is 33.3 Å². The van der Waals surface area contributed by atoms with Crippen LogP contribution in [0.2, 0.25) is 0 Å². The highest BCUT2D eigenvalue weighted by atomic mass is 32.1. The number of carbonyl (C=O) groups is 1. The molecule has 0 radical (unpaired) electrons. The number of ether oxygens (including phenoxy) is 1. The summed E-state index contributed by atoms with van der Waals surface area (Å²) in [4.78, 5) is 17.6. The molecule has 2 aromatic carbocycles. The van der Waals surface area contributed by atoms with Gasteiger partial charge in [-0.15, -0.1) is 0 Å². The van der Waals surface area contributed by atoms with Gasteiger partial charge in [0.25, 0.3) is 5.91 Å². The number of anilines is 1. The summed E-state index contributed by atoms with van der Waals surface area (Å²) in [5.74, 6) is 1.16. The third kappa shape index (κ3) is 3.93. The number of thiazole rings is 1. The minimum atomic E-state index is -0.194. The highest BCUT2D eigenvalue weighted by Gasteiger charge is 2.17. The third-order valence-corrected chi connectivity index (χ3v) is 6.52. The number of rotatable bonds is 5. The minimum Gasteiger partial charge on any atom is -0.494 e. The maximum Gasteiger partial charge on any atom is 0.256 e. The summed E-state index contributed by atoms with van der Waals surface area (Å²) in [7, 11) is 0. The van der Waals surface area contributed by atoms with E-state index in [-0.39, 0.29) is 5.91 Å². The molecule has 0 unspecified atom stereocenters. The maximum atomic E-state index is 12.8. The zero-order valence-electron chi connectivity index (χ0n) is 17.6. The number of hydrogen-bond acceptors (Lipinski definition) is 5. The summed E-state index contributed by atoms with van der Waals surface area (Å²) in [6.07, 6.45) is 4.77. The molecule has 1 N–H and O–H groups in total. The van der Waals surface area contributed by atoms with Crippen LogP contribution in [0.5, 0.6) is 5.75 Å². The van der Waals surface area contributed by atoms with E-state index >= 15 is 0 Å². The molecule has 1 amide bonds. The highest BCUT2D eigenvalue weighted by Crippen LogP contribution is 2.32. The number of carbonyl (C=O) groups excluding carboxylic acids is 1. The summed E-state index contributed by atoms with van der Waals surface area (Å²) in [5, 5.41) is 8.33. The average molecular weight is 433 g/mol. The van der Waals surface area contributed by atoms with E-state index in [0.717, 1.165) is 39.6 Å². The maximum absolute atomic E-state index is 12.8. The number of aryl methyl sites for hydroxylation is 3. The summed E-state index contributed by atoms with van der Waals surface area (Å²) in [6, 6.07) is 13.5. The lowest BCUT2D eigenvalue weighted by Crippen LogP contribution is -2.15. The van der Waals surface area contributed by atoms with E-state index in [1.807, 2.05) is 19.9 Å². The van der Waals surface area contributed by atoms with Gasteiger partial charge in [0.1, 0.15) is 11.6 Å². The molecule has 0 atom stereocenters. The van der Waals surface area contributed by atoms with Gasteiger partial charge in [0.2, 0.25) is 5.13 Å². The molecule has 0 saturated carbocycles. The van der Waals surface area contributed by atoms with Crippen molar-refractivity contribution in [1.82, 2.24) is 14.8 Å². The van der Waals surface area contributed by atoms with Gasteiger partial charge >= 0.3 is 0 Å². The van der Waals surface area contributed by atoms with Crippen LogP contribution in [0.15, 0.2) is 42.5 Å². The molecule has 0 fully saturated rings. The molecule has 2 aromatic heterocycles. The van der Waals surface area contributed by atoms with Crippen molar-refractivity contribution < 1.29 is 9.53 Å². The van der Waals surface area contributed by atoms with Gasteiger partial charge < -0.3 is 10.1 Å². The smallest absolute Gasteiger partial charge is 0.256 e. The molecule has 1 aliphatic carbocycles. The lowest BCUT2D eigenvalue weighted by Gasteiger charge is -2.14. The monoisotopic (exact) mass is 432 g/mol. The Hall–Kier alpha value is -3.19. The molecule has 4 aromatic rings. The third-order valence-electron chi connectivity index (χ3n) is 5.52. The molecular formula is C24H24N4O2S. The second-order valence-corrected chi connectivity index (χ2v) is 8.80. The first kappa shape index (κ1) is 19.8. The van der Waals surface area contributed by atoms with Crippen LogP contribution in [-0.2, 0) is 12.8 Å². The van der Waals surface area contributed by atoms with Crippen molar-refractivity contribution in [2.75, 3.05) is 11.9 Å². The van der Waals surface area contributed by atoms with Crippen LogP contribution in [0.1, 0.15) is 46.9 Å². The molecule has 5 rings (SSSR count). The first-order valence-corrected chi connectivity index (χ1v) is 11.5. The highest BCUT2D eigenvalue weighted by molar-refractivity contribution is 7.20. The van der Waals surface area contributed by atoms with Crippen LogP contribution >= 0.6 is 11.3 Å². The molecule has 7 heteroatoms. The Bertz CT molecular complexity index is 1210. The number of fused-ring (bicyclic) bond motifs is 2. The summed E-state index contributed by atoms with van der Waals surface area (Å²) in [5.41, 5.74) is 5.23. The molecule has 0 spiro atoms. The zero-order valence-corrected chi connectivity index (χ0v) is 18.5. The second kappa shape index (κ2) is 8.15. The quantitative estimate of drug-likeness (QED) is 0.463. The fourth-order valence-corrected chi connectivity index (χ4v) is 5.00. The van der Waals surface area contributed by atoms with Crippen molar-refractivity contribution in [2.45, 2.75) is 39.5 Å². The lowest BCUT2D eigenvalue weighted by atomic mass is 9.92. The van der Waals surface area contributed by atoms with Crippen molar-refractivity contribution in [3.8, 4) is 10.9 Å². The molecule has 1 aliphatic rings. The fourth-order valence-electron chi connectivity index (χ4n) is 4.03. The summed E-state index contributed by atoms with van der Waals surface area (Å²) < 4.78 is 8.34. The van der Waals surface area contributed by atoms with Gasteiger partial charge in [0, 0.05) is 11.6 Å². The Balaban J connectivity index is 1.44. The van der Waals surface area contributed by atoms with E-state index in [1.54, 1.807) is 40.3 Å². The van der Waals surface area contributed by atoms with Crippen LogP contribution < -0.4 is 10.1 Å². The molecular weight excluding hydrogens is 408 g/mol. The summed E-state index contributed by atoms with van der Waals surface area (Å²) >= 11 is 1.60. The number of hydrogen-bond donors (Lipinski definition) is 1. The molecule has 6 nitrogen and oxygen atoms in total. The van der Waals surface area contributed by atoms with Gasteiger partial charge in [-0.1, -0.05) is 11.3 Å². The standard InChI is InChI=1S/C24H24N4O2S/c1-3-30-19-10-8-16(9-11-19)23(29)26-22-12-15(2)27-28(22)24-25-20-13-17-6-4-5-7-18(17)14-21(20)31-24/h8-14H,3-7H2,1-2H3,(H,26,29). The Labute approximate surface area is 184 Å². The van der Waals surface area contributed by atoms with E-state index in [2.05, 4.69) is 22.5 Å². The number of nitrogens with zero attached hydrogens (tertiary/aromatic N) is 3. The van der Waals surface area contributed by atoms with E-state index < -0.39 is 0 Å². The van der Waals surface area contributed by atoms with Gasteiger partial charge in [-0.25, -0.2) is 4.98 Å². The molecule has 0 saturated heterocycles. The van der Waals surface area contributed by atoms with Gasteiger partial charge in [0.05, 0.1) is 22.5 Å². The fraction of sp³-hybridized carbons (Fsp3) is 0.292. The van der Waals surface area contributed by atoms with Crippen LogP contribution in [0.3, 0.4) is 0 Å². The van der Waals surface area contributed by atoms with Crippen LogP contribution in [-0.4, -0.2) is 27.3 Å². The van der Waals surface area contributed by atoms with Crippen LogP contribution in [0, 0.1) is 6.92 Å². The van der Waals surface area contributed by atoms with Crippen molar-refractivity contribution in [1.29, 1.82) is 0 Å². The molecule has 0 bridgehead atoms. The van der Waals surface area contributed by atoms with Gasteiger partial charge in [-0.2, -0.15) is 9.78 Å². The largest absolute Gasteiger partial charge is 0.494 e. The predicted molar refractivity (Wildman–Crippen MR) is 124 cm³/mol. The van der Waals surface area contributed by atoms with Crippen molar-refractivity contribution in [2.24, 2.45) is 0 Å². The van der Waals surface area contributed by atoms with Gasteiger partial charge in [-0.05, 0) is 87.1 Å². The topological polar surface area (TPSA) is 69.0 Å². The lowest BCUT2D eigenvalue weighted by molar-refractivity contribution is 0.102. The Kier molecular flexibility index (Phi) is 5.19.